The average molecular weight is 409 g/mol. The second-order valence-corrected chi connectivity index (χ2v) is 8.18. The molecule has 0 N–H and O–H groups in total. The molecule has 0 aliphatic carbocycles. The van der Waals surface area contributed by atoms with Crippen molar-refractivity contribution in [3.05, 3.63) is 77.2 Å². The van der Waals surface area contributed by atoms with Crippen molar-refractivity contribution in [1.29, 1.82) is 0 Å². The molecule has 0 fully saturated rings. The van der Waals surface area contributed by atoms with Gasteiger partial charge in [0.2, 0.25) is 0 Å². The summed E-state index contributed by atoms with van der Waals surface area (Å²) in [6.07, 6.45) is 3.94. The third-order valence-electron chi connectivity index (χ3n) is 6.07. The molecule has 3 heterocycles. The van der Waals surface area contributed by atoms with Crippen LogP contribution < -0.4 is 4.90 Å². The number of anilines is 2. The molecule has 0 saturated heterocycles. The van der Waals surface area contributed by atoms with E-state index in [1.807, 2.05) is 55.3 Å². The normalized spacial score (nSPS) is 15.2. The fourth-order valence-electron chi connectivity index (χ4n) is 4.56. The van der Waals surface area contributed by atoms with E-state index >= 15 is 0 Å². The van der Waals surface area contributed by atoms with E-state index < -0.39 is 0 Å². The summed E-state index contributed by atoms with van der Waals surface area (Å²) in [7, 11) is 1.93. The van der Waals surface area contributed by atoms with Crippen LogP contribution in [0, 0.1) is 20.4 Å². The van der Waals surface area contributed by atoms with Crippen molar-refractivity contribution in [3.63, 3.8) is 0 Å². The number of hydrogen-bond acceptors (Lipinski definition) is 4. The predicted molar refractivity (Wildman–Crippen MR) is 122 cm³/mol. The van der Waals surface area contributed by atoms with Gasteiger partial charge in [0, 0.05) is 48.1 Å². The van der Waals surface area contributed by atoms with Gasteiger partial charge in [0.15, 0.2) is 5.69 Å². The van der Waals surface area contributed by atoms with Crippen molar-refractivity contribution in [2.45, 2.75) is 26.7 Å². The monoisotopic (exact) mass is 409 g/mol. The predicted octanol–water partition coefficient (Wildman–Crippen LogP) is 6.16. The zero-order valence-corrected chi connectivity index (χ0v) is 18.0. The molecule has 0 bridgehead atoms. The molecule has 0 saturated carbocycles. The molecule has 0 spiro atoms. The lowest BCUT2D eigenvalue weighted by Crippen LogP contribution is -2.22. The standard InChI is InChI=1S/C25H23N5O/c1-15-13-30(20-8-6-19(26-4)7-9-20)24-16(2)21(18-12-27-29(5)14-18)10-11-22(24)23-17(3)28-31-25(15)23/h6-12,14-15H,13H2,1-3,5H3. The Labute approximate surface area is 181 Å². The van der Waals surface area contributed by atoms with Crippen molar-refractivity contribution >= 4 is 17.1 Å². The third-order valence-corrected chi connectivity index (χ3v) is 6.07. The molecular formula is C25H23N5O. The molecule has 2 aromatic heterocycles. The van der Waals surface area contributed by atoms with Gasteiger partial charge in [-0.3, -0.25) is 4.68 Å². The lowest BCUT2D eigenvalue weighted by molar-refractivity contribution is 0.364. The van der Waals surface area contributed by atoms with Crippen molar-refractivity contribution in [1.82, 2.24) is 14.9 Å². The van der Waals surface area contributed by atoms with Crippen LogP contribution in [0.25, 0.3) is 27.1 Å². The van der Waals surface area contributed by atoms with E-state index in [0.717, 1.165) is 51.6 Å². The quantitative estimate of drug-likeness (QED) is 0.372. The van der Waals surface area contributed by atoms with E-state index in [1.54, 1.807) is 0 Å². The maximum Gasteiger partial charge on any atom is 0.187 e. The third kappa shape index (κ3) is 3.01. The Morgan fingerprint density at radius 2 is 1.84 bits per heavy atom. The molecule has 1 aliphatic rings. The summed E-state index contributed by atoms with van der Waals surface area (Å²) in [5, 5.41) is 8.65. The molecule has 0 radical (unpaired) electrons. The number of aryl methyl sites for hydroxylation is 2. The van der Waals surface area contributed by atoms with Crippen LogP contribution in [0.1, 0.15) is 29.9 Å². The van der Waals surface area contributed by atoms with Gasteiger partial charge in [0.05, 0.1) is 24.2 Å². The molecular weight excluding hydrogens is 386 g/mol. The first-order valence-electron chi connectivity index (χ1n) is 10.3. The Bertz CT molecular complexity index is 1320. The van der Waals surface area contributed by atoms with Crippen LogP contribution in [0.15, 0.2) is 53.3 Å². The lowest BCUT2D eigenvalue weighted by atomic mass is 9.93. The summed E-state index contributed by atoms with van der Waals surface area (Å²) in [4.78, 5) is 5.89. The summed E-state index contributed by atoms with van der Waals surface area (Å²) in [5.74, 6) is 1.08. The van der Waals surface area contributed by atoms with Crippen LogP contribution in [0.5, 0.6) is 0 Å². The zero-order valence-electron chi connectivity index (χ0n) is 18.0. The molecule has 6 heteroatoms. The lowest BCUT2D eigenvalue weighted by Gasteiger charge is -2.29. The van der Waals surface area contributed by atoms with Gasteiger partial charge < -0.3 is 9.42 Å². The molecule has 5 rings (SSSR count). The van der Waals surface area contributed by atoms with E-state index in [9.17, 15) is 0 Å². The first-order chi connectivity index (χ1) is 15.0. The first kappa shape index (κ1) is 19.1. The van der Waals surface area contributed by atoms with Gasteiger partial charge in [0.25, 0.3) is 0 Å². The number of fused-ring (bicyclic) bond motifs is 3. The highest BCUT2D eigenvalue weighted by molar-refractivity contribution is 5.92. The fourth-order valence-corrected chi connectivity index (χ4v) is 4.56. The summed E-state index contributed by atoms with van der Waals surface area (Å²) < 4.78 is 7.61. The van der Waals surface area contributed by atoms with Crippen LogP contribution in [0.4, 0.5) is 17.1 Å². The van der Waals surface area contributed by atoms with Crippen molar-refractivity contribution in [3.8, 4) is 22.3 Å². The van der Waals surface area contributed by atoms with Crippen LogP contribution in [-0.4, -0.2) is 21.5 Å². The first-order valence-corrected chi connectivity index (χ1v) is 10.3. The van der Waals surface area contributed by atoms with Crippen LogP contribution in [-0.2, 0) is 7.05 Å². The summed E-state index contributed by atoms with van der Waals surface area (Å²) in [5.41, 5.74) is 9.38. The Morgan fingerprint density at radius 3 is 2.52 bits per heavy atom. The van der Waals surface area contributed by atoms with Gasteiger partial charge in [-0.25, -0.2) is 4.85 Å². The largest absolute Gasteiger partial charge is 0.360 e. The van der Waals surface area contributed by atoms with Gasteiger partial charge in [-0.2, -0.15) is 5.10 Å². The molecule has 2 aromatic carbocycles. The smallest absolute Gasteiger partial charge is 0.187 e. The highest BCUT2D eigenvalue weighted by Gasteiger charge is 2.32. The maximum absolute atomic E-state index is 7.28. The Balaban J connectivity index is 1.78. The highest BCUT2D eigenvalue weighted by Crippen LogP contribution is 2.48. The van der Waals surface area contributed by atoms with E-state index in [2.05, 4.69) is 46.0 Å². The van der Waals surface area contributed by atoms with Gasteiger partial charge in [-0.05, 0) is 37.1 Å². The minimum Gasteiger partial charge on any atom is -0.360 e. The number of benzene rings is 2. The van der Waals surface area contributed by atoms with E-state index in [4.69, 9.17) is 11.1 Å². The zero-order chi connectivity index (χ0) is 21.7. The van der Waals surface area contributed by atoms with Crippen LogP contribution in [0.3, 0.4) is 0 Å². The van der Waals surface area contributed by atoms with Crippen molar-refractivity contribution in [2.24, 2.45) is 7.05 Å². The molecule has 4 aromatic rings. The average Bonchev–Trinajstić information content (AvgIpc) is 3.34. The summed E-state index contributed by atoms with van der Waals surface area (Å²) in [6.45, 7) is 14.4. The molecule has 1 aliphatic heterocycles. The molecule has 31 heavy (non-hydrogen) atoms. The minimum atomic E-state index is 0.158. The topological polar surface area (TPSA) is 51.5 Å². The summed E-state index contributed by atoms with van der Waals surface area (Å²) >= 11 is 0. The van der Waals surface area contributed by atoms with Crippen LogP contribution in [0.2, 0.25) is 0 Å². The van der Waals surface area contributed by atoms with Gasteiger partial charge in [-0.1, -0.05) is 36.3 Å². The molecule has 1 unspecified atom stereocenters. The molecule has 6 nitrogen and oxygen atoms in total. The van der Waals surface area contributed by atoms with Gasteiger partial charge in [-0.15, -0.1) is 0 Å². The molecule has 1 atom stereocenters. The van der Waals surface area contributed by atoms with E-state index in [1.165, 1.54) is 5.56 Å². The SMILES string of the molecule is [C-]#[N+]c1ccc(N2CC(C)c3onc(C)c3-c3ccc(-c4cnn(C)c4)c(C)c32)cc1. The van der Waals surface area contributed by atoms with E-state index in [0.29, 0.717) is 5.69 Å². The van der Waals surface area contributed by atoms with Crippen molar-refractivity contribution < 1.29 is 4.52 Å². The maximum atomic E-state index is 7.28. The number of nitrogens with zero attached hydrogens (tertiary/aromatic N) is 5. The van der Waals surface area contributed by atoms with Crippen molar-refractivity contribution in [2.75, 3.05) is 11.4 Å². The minimum absolute atomic E-state index is 0.158. The fraction of sp³-hybridized carbons (Fsp3) is 0.240. The second kappa shape index (κ2) is 7.13. The Morgan fingerprint density at radius 1 is 1.10 bits per heavy atom. The second-order valence-electron chi connectivity index (χ2n) is 8.18. The molecule has 154 valence electrons. The van der Waals surface area contributed by atoms with Gasteiger partial charge >= 0.3 is 0 Å². The summed E-state index contributed by atoms with van der Waals surface area (Å²) in [6, 6.07) is 12.1. The van der Waals surface area contributed by atoms with Gasteiger partial charge in [0.1, 0.15) is 5.76 Å². The number of aromatic nitrogens is 3. The molecule has 0 amide bonds. The van der Waals surface area contributed by atoms with Crippen LogP contribution >= 0.6 is 0 Å². The highest BCUT2D eigenvalue weighted by atomic mass is 16.5. The Kier molecular flexibility index (Phi) is 4.40. The Hall–Kier alpha value is -3.85. The van der Waals surface area contributed by atoms with E-state index in [-0.39, 0.29) is 5.92 Å². The number of rotatable bonds is 2. The number of hydrogen-bond donors (Lipinski definition) is 0.